The van der Waals surface area contributed by atoms with Crippen molar-refractivity contribution in [2.24, 2.45) is 16.7 Å². The van der Waals surface area contributed by atoms with Crippen molar-refractivity contribution in [1.29, 1.82) is 0 Å². The highest BCUT2D eigenvalue weighted by atomic mass is 19.1. The van der Waals surface area contributed by atoms with Gasteiger partial charge in [-0.3, -0.25) is 29.6 Å². The molecule has 1 spiro atoms. The molecule has 17 nitrogen and oxygen atoms in total. The third-order valence-electron chi connectivity index (χ3n) is 18.4. The lowest BCUT2D eigenvalue weighted by Gasteiger charge is -2.54. The number of fused-ring (bicyclic) bond motifs is 5. The zero-order chi connectivity index (χ0) is 51.9. The van der Waals surface area contributed by atoms with Gasteiger partial charge in [-0.15, -0.1) is 0 Å². The molecule has 8 heterocycles. The van der Waals surface area contributed by atoms with Gasteiger partial charge in [0.25, 0.3) is 5.91 Å². The molecule has 76 heavy (non-hydrogen) atoms. The Morgan fingerprint density at radius 1 is 0.882 bits per heavy atom. The van der Waals surface area contributed by atoms with Crippen LogP contribution in [-0.4, -0.2) is 151 Å². The minimum atomic E-state index is -0.614. The normalized spacial score (nSPS) is 24.3. The van der Waals surface area contributed by atoms with E-state index in [0.29, 0.717) is 59.4 Å². The Labute approximate surface area is 442 Å². The number of nitrogens with zero attached hydrogens (tertiary/aromatic N) is 8. The van der Waals surface area contributed by atoms with E-state index in [1.54, 1.807) is 23.2 Å². The molecule has 8 aliphatic rings. The first-order chi connectivity index (χ1) is 36.9. The number of carbonyl (C=O) groups excluding carboxylic acids is 4. The largest absolute Gasteiger partial charge is 0.463 e. The van der Waals surface area contributed by atoms with Crippen molar-refractivity contribution in [1.82, 2.24) is 45.6 Å². The number of anilines is 2. The third-order valence-corrected chi connectivity index (χ3v) is 18.4. The first-order valence-corrected chi connectivity index (χ1v) is 27.8. The SMILES string of the molecule is CCc1cccc2cc(OC(=O)NC)cc(-c3ncc4c(N5CC6CCC(C5)N6)nc(OCC5(CN6CCC7(CC6)CC(CN6CCN(c8ccc9c(c8)CN([C@H]8CCC(=O)NC8=O)C9=O)CC6)C7)CC5)nc4c3F)c12. The number of pyridine rings is 1. The van der Waals surface area contributed by atoms with Gasteiger partial charge in [-0.2, -0.15) is 9.97 Å². The van der Waals surface area contributed by atoms with Crippen LogP contribution >= 0.6 is 0 Å². The number of ether oxygens (including phenoxy) is 2. The summed E-state index contributed by atoms with van der Waals surface area (Å²) in [4.78, 5) is 76.2. The number of halogens is 1. The van der Waals surface area contributed by atoms with Crippen LogP contribution in [0.3, 0.4) is 0 Å². The number of imide groups is 1. The van der Waals surface area contributed by atoms with E-state index in [9.17, 15) is 19.2 Å². The maximum Gasteiger partial charge on any atom is 0.412 e. The van der Waals surface area contributed by atoms with Gasteiger partial charge in [0.1, 0.15) is 28.8 Å². The summed E-state index contributed by atoms with van der Waals surface area (Å²) in [5.74, 6) is 0.317. The lowest BCUT2D eigenvalue weighted by Crippen LogP contribution is -2.53. The average Bonchev–Trinajstić information content (AvgIpc) is 4.06. The number of aromatic nitrogens is 3. The molecule has 13 rings (SSSR count). The summed E-state index contributed by atoms with van der Waals surface area (Å²) < 4.78 is 29.7. The number of benzene rings is 3. The first kappa shape index (κ1) is 49.1. The molecule has 3 aromatic carbocycles. The van der Waals surface area contributed by atoms with Crippen molar-refractivity contribution in [3.8, 4) is 23.0 Å². The van der Waals surface area contributed by atoms with Gasteiger partial charge >= 0.3 is 12.1 Å². The highest BCUT2D eigenvalue weighted by Crippen LogP contribution is 2.54. The van der Waals surface area contributed by atoms with E-state index in [1.165, 1.54) is 32.7 Å². The number of hydrogen-bond acceptors (Lipinski definition) is 14. The number of nitrogens with one attached hydrogen (secondary N) is 3. The van der Waals surface area contributed by atoms with Crippen molar-refractivity contribution in [3.63, 3.8) is 0 Å². The van der Waals surface area contributed by atoms with Crippen molar-refractivity contribution in [2.45, 2.75) is 102 Å². The van der Waals surface area contributed by atoms with Crippen LogP contribution in [0, 0.1) is 22.6 Å². The predicted octanol–water partition coefficient (Wildman–Crippen LogP) is 6.44. The fourth-order valence-electron chi connectivity index (χ4n) is 14.1. The van der Waals surface area contributed by atoms with Gasteiger partial charge in [-0.05, 0) is 141 Å². The van der Waals surface area contributed by atoms with Crippen LogP contribution < -0.4 is 35.2 Å². The molecule has 6 aliphatic heterocycles. The summed E-state index contributed by atoms with van der Waals surface area (Å²) in [6, 6.07) is 15.8. The molecule has 2 unspecified atom stereocenters. The molecular formula is C58H68FN11O6. The minimum Gasteiger partial charge on any atom is -0.463 e. The highest BCUT2D eigenvalue weighted by molar-refractivity contribution is 6.06. The van der Waals surface area contributed by atoms with Gasteiger partial charge in [-0.25, -0.2) is 9.18 Å². The summed E-state index contributed by atoms with van der Waals surface area (Å²) in [5.41, 5.74) is 5.04. The Hall–Kier alpha value is -6.50. The second-order valence-electron chi connectivity index (χ2n) is 23.4. The Morgan fingerprint density at radius 2 is 1.67 bits per heavy atom. The summed E-state index contributed by atoms with van der Waals surface area (Å²) in [5, 5.41) is 10.8. The molecule has 3 atom stereocenters. The number of hydrogen-bond donors (Lipinski definition) is 3. The number of amides is 4. The first-order valence-electron chi connectivity index (χ1n) is 27.8. The van der Waals surface area contributed by atoms with Gasteiger partial charge in [0, 0.05) is 113 Å². The molecule has 18 heteroatoms. The lowest BCUT2D eigenvalue weighted by molar-refractivity contribution is -0.136. The van der Waals surface area contributed by atoms with Crippen LogP contribution in [-0.2, 0) is 22.6 Å². The van der Waals surface area contributed by atoms with Crippen molar-refractivity contribution in [2.75, 3.05) is 88.9 Å². The van der Waals surface area contributed by atoms with Gasteiger partial charge < -0.3 is 39.7 Å². The Kier molecular flexibility index (Phi) is 12.6. The molecule has 5 aromatic rings. The fourth-order valence-corrected chi connectivity index (χ4v) is 14.1. The average molecular weight is 1030 g/mol. The fraction of sp³-hybridized carbons (Fsp3) is 0.534. The zero-order valence-corrected chi connectivity index (χ0v) is 43.7. The maximum absolute atomic E-state index is 17.5. The summed E-state index contributed by atoms with van der Waals surface area (Å²) in [7, 11) is 1.50. The monoisotopic (exact) mass is 1030 g/mol. The van der Waals surface area contributed by atoms with Crippen LogP contribution in [0.5, 0.6) is 11.8 Å². The second-order valence-corrected chi connectivity index (χ2v) is 23.4. The molecule has 398 valence electrons. The van der Waals surface area contributed by atoms with Crippen molar-refractivity contribution in [3.05, 3.63) is 77.2 Å². The molecule has 2 aliphatic carbocycles. The number of piperazine rings is 2. The van der Waals surface area contributed by atoms with Crippen molar-refractivity contribution < 1.29 is 33.0 Å². The number of likely N-dealkylation sites (tertiary alicyclic amines) is 1. The van der Waals surface area contributed by atoms with E-state index in [1.807, 2.05) is 30.3 Å². The molecule has 4 amide bonds. The summed E-state index contributed by atoms with van der Waals surface area (Å²) >= 11 is 0. The van der Waals surface area contributed by atoms with E-state index >= 15 is 4.39 Å². The number of aryl methyl sites for hydroxylation is 1. The van der Waals surface area contributed by atoms with Gasteiger partial charge in [-0.1, -0.05) is 25.1 Å². The molecular weight excluding hydrogens is 966 g/mol. The summed E-state index contributed by atoms with van der Waals surface area (Å²) in [6.45, 7) is 12.7. The number of piperidine rings is 2. The molecule has 2 aromatic heterocycles. The van der Waals surface area contributed by atoms with Gasteiger partial charge in [0.15, 0.2) is 5.82 Å². The Morgan fingerprint density at radius 3 is 2.41 bits per heavy atom. The smallest absolute Gasteiger partial charge is 0.412 e. The molecule has 5 saturated heterocycles. The van der Waals surface area contributed by atoms with E-state index in [2.05, 4.69) is 48.5 Å². The number of rotatable bonds is 13. The van der Waals surface area contributed by atoms with Crippen molar-refractivity contribution >= 4 is 57.0 Å². The lowest BCUT2D eigenvalue weighted by atomic mass is 9.57. The standard InChI is InChI=1S/C58H68FN11O6/c1-3-36-5-4-6-37-24-42(76-56(74)60-2)25-44(48(36)37)50-49(59)51-45(28-61-50)52(69-31-39-7-8-40(32-69)62-39)65-55(64-51)75-34-58(13-14-58)33-67-17-15-57(16-18-67)26-35(27-57)29-66-19-21-68(22-20-66)41-9-10-43-38(23-41)30-70(54(43)73)46-11-12-47(71)63-53(46)72/h4-6,9-10,23-25,28,35,39-40,46,62H,3,7-8,11-22,26-27,29-34H2,1-2H3,(H,60,74)(H,63,71,72)/t39?,40?,46-/m0/s1. The van der Waals surface area contributed by atoms with E-state index in [0.717, 1.165) is 131 Å². The predicted molar refractivity (Wildman–Crippen MR) is 286 cm³/mol. The molecule has 0 radical (unpaired) electrons. The van der Waals surface area contributed by atoms with Crippen LogP contribution in [0.25, 0.3) is 32.9 Å². The van der Waals surface area contributed by atoms with E-state index in [4.69, 9.17) is 24.4 Å². The topological polar surface area (TPSA) is 178 Å². The van der Waals surface area contributed by atoms with Gasteiger partial charge in [0.05, 0.1) is 12.0 Å². The third kappa shape index (κ3) is 9.26. The van der Waals surface area contributed by atoms with Crippen LogP contribution in [0.1, 0.15) is 92.6 Å². The Bertz CT molecular complexity index is 3130. The molecule has 2 saturated carbocycles. The molecule has 3 N–H and O–H groups in total. The minimum absolute atomic E-state index is 0.0113. The quantitative estimate of drug-likeness (QED) is 0.110. The highest BCUT2D eigenvalue weighted by Gasteiger charge is 2.50. The molecule has 7 fully saturated rings. The van der Waals surface area contributed by atoms with Crippen LogP contribution in [0.15, 0.2) is 54.7 Å². The second kappa shape index (κ2) is 19.5. The summed E-state index contributed by atoms with van der Waals surface area (Å²) in [6.07, 6.45) is 11.8. The molecule has 2 bridgehead atoms. The van der Waals surface area contributed by atoms with E-state index in [-0.39, 0.29) is 52.5 Å². The van der Waals surface area contributed by atoms with Crippen LogP contribution in [0.2, 0.25) is 0 Å². The zero-order valence-electron chi connectivity index (χ0n) is 43.7. The maximum atomic E-state index is 17.5. The number of carbonyl (C=O) groups is 4. The van der Waals surface area contributed by atoms with Crippen LogP contribution in [0.4, 0.5) is 20.7 Å². The van der Waals surface area contributed by atoms with Gasteiger partial charge in [0.2, 0.25) is 11.8 Å². The Balaban J connectivity index is 0.635. The van der Waals surface area contributed by atoms with E-state index < -0.39 is 18.0 Å².